The summed E-state index contributed by atoms with van der Waals surface area (Å²) in [4.78, 5) is 11.4. The van der Waals surface area contributed by atoms with Gasteiger partial charge in [-0.25, -0.2) is 4.39 Å². The molecule has 0 radical (unpaired) electrons. The molecular weight excluding hydrogens is 185 g/mol. The number of hydrogen-bond acceptors (Lipinski definition) is 3. The predicted molar refractivity (Wildman–Crippen MR) is 51.5 cm³/mol. The Morgan fingerprint density at radius 2 is 2.21 bits per heavy atom. The summed E-state index contributed by atoms with van der Waals surface area (Å²) in [5, 5.41) is 8.53. The van der Waals surface area contributed by atoms with Crippen molar-refractivity contribution < 1.29 is 14.3 Å². The van der Waals surface area contributed by atoms with Gasteiger partial charge in [-0.3, -0.25) is 4.79 Å². The molecule has 1 rings (SSSR count). The number of rotatable bonds is 4. The summed E-state index contributed by atoms with van der Waals surface area (Å²) in [5.74, 6) is -0.720. The molecule has 3 N–H and O–H groups in total. The van der Waals surface area contributed by atoms with E-state index in [1.165, 1.54) is 12.1 Å². The number of carbonyl (C=O) groups is 1. The Morgan fingerprint density at radius 3 is 2.86 bits per heavy atom. The van der Waals surface area contributed by atoms with Crippen LogP contribution in [-0.4, -0.2) is 17.5 Å². The molecule has 0 aliphatic carbocycles. The maximum Gasteiger partial charge on any atom is 0.165 e. The van der Waals surface area contributed by atoms with Gasteiger partial charge in [0, 0.05) is 24.3 Å². The number of benzene rings is 1. The number of ketones is 1. The lowest BCUT2D eigenvalue weighted by atomic mass is 10.0. The maximum atomic E-state index is 12.8. The summed E-state index contributed by atoms with van der Waals surface area (Å²) >= 11 is 0. The highest BCUT2D eigenvalue weighted by Crippen LogP contribution is 2.15. The first-order chi connectivity index (χ1) is 6.65. The van der Waals surface area contributed by atoms with Crippen LogP contribution in [0, 0.1) is 5.82 Å². The predicted octanol–water partition coefficient (Wildman–Crippen LogP) is 1.36. The van der Waals surface area contributed by atoms with Crippen LogP contribution in [0.5, 0.6) is 0 Å². The van der Waals surface area contributed by atoms with E-state index in [1.54, 1.807) is 0 Å². The lowest BCUT2D eigenvalue weighted by Gasteiger charge is -2.03. The second-order valence-electron chi connectivity index (χ2n) is 2.98. The Balaban J connectivity index is 2.83. The van der Waals surface area contributed by atoms with Crippen LogP contribution in [-0.2, 0) is 0 Å². The van der Waals surface area contributed by atoms with E-state index in [2.05, 4.69) is 0 Å². The standard InChI is InChI=1S/C10H12FNO2/c11-7-3-4-9(12)8(6-7)10(14)2-1-5-13/h3-4,6,13H,1-2,5,12H2. The molecule has 0 fully saturated rings. The van der Waals surface area contributed by atoms with Crippen molar-refractivity contribution in [2.24, 2.45) is 0 Å². The van der Waals surface area contributed by atoms with Gasteiger partial charge in [-0.1, -0.05) is 0 Å². The molecule has 0 bridgehead atoms. The van der Waals surface area contributed by atoms with E-state index < -0.39 is 5.82 Å². The number of carbonyl (C=O) groups excluding carboxylic acids is 1. The van der Waals surface area contributed by atoms with E-state index in [9.17, 15) is 9.18 Å². The van der Waals surface area contributed by atoms with E-state index in [4.69, 9.17) is 10.8 Å². The smallest absolute Gasteiger partial charge is 0.165 e. The van der Waals surface area contributed by atoms with E-state index in [0.29, 0.717) is 6.42 Å². The van der Waals surface area contributed by atoms with Crippen molar-refractivity contribution in [3.63, 3.8) is 0 Å². The number of hydrogen-bond donors (Lipinski definition) is 2. The fraction of sp³-hybridized carbons (Fsp3) is 0.300. The molecule has 0 unspecified atom stereocenters. The van der Waals surface area contributed by atoms with Gasteiger partial charge >= 0.3 is 0 Å². The van der Waals surface area contributed by atoms with Gasteiger partial charge in [0.1, 0.15) is 5.82 Å². The normalized spacial score (nSPS) is 10.1. The first-order valence-corrected chi connectivity index (χ1v) is 4.34. The number of aliphatic hydroxyl groups is 1. The molecule has 1 aromatic carbocycles. The van der Waals surface area contributed by atoms with E-state index in [1.807, 2.05) is 0 Å². The second kappa shape index (κ2) is 4.72. The highest BCUT2D eigenvalue weighted by molar-refractivity contribution is 6.00. The van der Waals surface area contributed by atoms with Crippen molar-refractivity contribution in [3.05, 3.63) is 29.6 Å². The van der Waals surface area contributed by atoms with Crippen molar-refractivity contribution in [1.82, 2.24) is 0 Å². The van der Waals surface area contributed by atoms with Crippen LogP contribution in [0.1, 0.15) is 23.2 Å². The summed E-state index contributed by atoms with van der Waals surface area (Å²) in [6.07, 6.45) is 0.555. The molecule has 3 nitrogen and oxygen atoms in total. The van der Waals surface area contributed by atoms with E-state index in [0.717, 1.165) is 6.07 Å². The average molecular weight is 197 g/mol. The highest BCUT2D eigenvalue weighted by atomic mass is 19.1. The molecule has 76 valence electrons. The zero-order chi connectivity index (χ0) is 10.6. The van der Waals surface area contributed by atoms with Gasteiger partial charge in [0.2, 0.25) is 0 Å². The van der Waals surface area contributed by atoms with Crippen molar-refractivity contribution in [3.8, 4) is 0 Å². The number of halogens is 1. The Labute approximate surface area is 81.4 Å². The van der Waals surface area contributed by atoms with Crippen molar-refractivity contribution in [1.29, 1.82) is 0 Å². The molecule has 0 heterocycles. The average Bonchev–Trinajstić information content (AvgIpc) is 2.18. The highest BCUT2D eigenvalue weighted by Gasteiger charge is 2.09. The zero-order valence-electron chi connectivity index (χ0n) is 7.66. The Bertz CT molecular complexity index is 339. The van der Waals surface area contributed by atoms with Gasteiger partial charge in [-0.2, -0.15) is 0 Å². The number of nitrogen functional groups attached to an aromatic ring is 1. The quantitative estimate of drug-likeness (QED) is 0.566. The Kier molecular flexibility index (Phi) is 3.59. The topological polar surface area (TPSA) is 63.3 Å². The molecule has 0 aliphatic heterocycles. The molecule has 14 heavy (non-hydrogen) atoms. The molecular formula is C10H12FNO2. The Morgan fingerprint density at radius 1 is 1.50 bits per heavy atom. The lowest BCUT2D eigenvalue weighted by molar-refractivity contribution is 0.0971. The molecule has 0 aliphatic rings. The summed E-state index contributed by atoms with van der Waals surface area (Å²) < 4.78 is 12.8. The number of Topliss-reactive ketones (excluding diaryl/α,β-unsaturated/α-hetero) is 1. The van der Waals surface area contributed by atoms with Crippen LogP contribution in [0.4, 0.5) is 10.1 Å². The first-order valence-electron chi connectivity index (χ1n) is 4.34. The van der Waals surface area contributed by atoms with Crippen LogP contribution in [0.15, 0.2) is 18.2 Å². The van der Waals surface area contributed by atoms with Crippen LogP contribution in [0.25, 0.3) is 0 Å². The van der Waals surface area contributed by atoms with E-state index >= 15 is 0 Å². The van der Waals surface area contributed by atoms with Crippen molar-refractivity contribution >= 4 is 11.5 Å². The van der Waals surface area contributed by atoms with Gasteiger partial charge in [0.25, 0.3) is 0 Å². The van der Waals surface area contributed by atoms with Crippen LogP contribution in [0.3, 0.4) is 0 Å². The third-order valence-electron chi connectivity index (χ3n) is 1.88. The fourth-order valence-electron chi connectivity index (χ4n) is 1.14. The van der Waals surface area contributed by atoms with Gasteiger partial charge in [-0.05, 0) is 24.6 Å². The minimum absolute atomic E-state index is 0.0546. The van der Waals surface area contributed by atoms with Gasteiger partial charge in [0.15, 0.2) is 5.78 Å². The number of anilines is 1. The largest absolute Gasteiger partial charge is 0.398 e. The van der Waals surface area contributed by atoms with Crippen LogP contribution < -0.4 is 5.73 Å². The monoisotopic (exact) mass is 197 g/mol. The van der Waals surface area contributed by atoms with Crippen molar-refractivity contribution in [2.75, 3.05) is 12.3 Å². The molecule has 1 aromatic rings. The summed E-state index contributed by atoms with van der Waals surface area (Å²) in [6, 6.07) is 3.69. The fourth-order valence-corrected chi connectivity index (χ4v) is 1.14. The van der Waals surface area contributed by atoms with E-state index in [-0.39, 0.29) is 30.1 Å². The molecule has 0 amide bonds. The van der Waals surface area contributed by atoms with Crippen LogP contribution >= 0.6 is 0 Å². The second-order valence-corrected chi connectivity index (χ2v) is 2.98. The molecule has 0 atom stereocenters. The van der Waals surface area contributed by atoms with Gasteiger partial charge in [-0.15, -0.1) is 0 Å². The molecule has 0 spiro atoms. The van der Waals surface area contributed by atoms with Crippen LogP contribution in [0.2, 0.25) is 0 Å². The Hall–Kier alpha value is -1.42. The third-order valence-corrected chi connectivity index (χ3v) is 1.88. The molecule has 0 saturated heterocycles. The van der Waals surface area contributed by atoms with Crippen molar-refractivity contribution in [2.45, 2.75) is 12.8 Å². The number of nitrogens with two attached hydrogens (primary N) is 1. The molecule has 0 saturated carbocycles. The third kappa shape index (κ3) is 2.53. The first kappa shape index (κ1) is 10.7. The summed E-state index contributed by atoms with van der Waals surface area (Å²) in [7, 11) is 0. The summed E-state index contributed by atoms with van der Waals surface area (Å²) in [5.41, 5.74) is 5.98. The molecule has 0 aromatic heterocycles. The summed E-state index contributed by atoms with van der Waals surface area (Å²) in [6.45, 7) is -0.0546. The SMILES string of the molecule is Nc1ccc(F)cc1C(=O)CCCO. The maximum absolute atomic E-state index is 12.8. The molecule has 4 heteroatoms. The van der Waals surface area contributed by atoms with Gasteiger partial charge in [0.05, 0.1) is 0 Å². The zero-order valence-corrected chi connectivity index (χ0v) is 7.66. The lowest BCUT2D eigenvalue weighted by Crippen LogP contribution is -2.05. The number of aliphatic hydroxyl groups excluding tert-OH is 1. The van der Waals surface area contributed by atoms with Gasteiger partial charge < -0.3 is 10.8 Å². The minimum atomic E-state index is -0.480. The minimum Gasteiger partial charge on any atom is -0.398 e.